The predicted octanol–water partition coefficient (Wildman–Crippen LogP) is 2.62. The van der Waals surface area contributed by atoms with Crippen molar-refractivity contribution in [1.29, 1.82) is 0 Å². The Balaban J connectivity index is 1.60. The molecular formula is C15H19FN2. The summed E-state index contributed by atoms with van der Waals surface area (Å²) in [6.07, 6.45) is 4.25. The van der Waals surface area contributed by atoms with Gasteiger partial charge in [-0.1, -0.05) is 12.1 Å². The van der Waals surface area contributed by atoms with E-state index in [4.69, 9.17) is 5.84 Å². The number of hydrogen-bond donors (Lipinski definition) is 2. The molecule has 5 atom stereocenters. The highest BCUT2D eigenvalue weighted by Gasteiger charge is 2.66. The highest BCUT2D eigenvalue weighted by Crippen LogP contribution is 2.72. The predicted molar refractivity (Wildman–Crippen MR) is 67.8 cm³/mol. The minimum absolute atomic E-state index is 0.138. The van der Waals surface area contributed by atoms with Crippen LogP contribution < -0.4 is 11.3 Å². The van der Waals surface area contributed by atoms with Gasteiger partial charge in [-0.05, 0) is 66.5 Å². The van der Waals surface area contributed by atoms with Crippen LogP contribution in [0, 0.1) is 35.4 Å². The molecule has 5 unspecified atom stereocenters. The fourth-order valence-electron chi connectivity index (χ4n) is 4.97. The minimum atomic E-state index is -0.165. The van der Waals surface area contributed by atoms with Crippen molar-refractivity contribution in [3.8, 4) is 0 Å². The van der Waals surface area contributed by atoms with E-state index in [0.29, 0.717) is 5.92 Å². The third kappa shape index (κ3) is 1.41. The second-order valence-corrected chi connectivity index (χ2v) is 6.26. The molecule has 3 aliphatic carbocycles. The number of hydrogen-bond acceptors (Lipinski definition) is 2. The van der Waals surface area contributed by atoms with Crippen LogP contribution in [0.1, 0.15) is 30.9 Å². The van der Waals surface area contributed by atoms with E-state index in [1.807, 2.05) is 6.07 Å². The van der Waals surface area contributed by atoms with Crippen molar-refractivity contribution in [2.45, 2.75) is 25.3 Å². The largest absolute Gasteiger partial charge is 0.271 e. The molecule has 0 heterocycles. The third-order valence-corrected chi connectivity index (χ3v) is 5.57. The topological polar surface area (TPSA) is 38.0 Å². The van der Waals surface area contributed by atoms with E-state index >= 15 is 0 Å². The molecule has 2 bridgehead atoms. The quantitative estimate of drug-likeness (QED) is 0.635. The number of nitrogens with one attached hydrogen (secondary N) is 1. The Morgan fingerprint density at radius 2 is 1.94 bits per heavy atom. The van der Waals surface area contributed by atoms with Gasteiger partial charge in [0, 0.05) is 6.04 Å². The first-order valence-electron chi connectivity index (χ1n) is 7.01. The van der Waals surface area contributed by atoms with Gasteiger partial charge in [-0.15, -0.1) is 0 Å². The number of nitrogens with two attached hydrogens (primary N) is 1. The number of hydrazine groups is 1. The van der Waals surface area contributed by atoms with Crippen molar-refractivity contribution in [3.63, 3.8) is 0 Å². The zero-order valence-electron chi connectivity index (χ0n) is 10.4. The van der Waals surface area contributed by atoms with Crippen LogP contribution in [-0.2, 0) is 0 Å². The summed E-state index contributed by atoms with van der Waals surface area (Å²) in [7, 11) is 0. The van der Waals surface area contributed by atoms with E-state index < -0.39 is 0 Å². The van der Waals surface area contributed by atoms with Crippen LogP contribution in [0.15, 0.2) is 24.3 Å². The Bertz CT molecular complexity index is 459. The van der Waals surface area contributed by atoms with Gasteiger partial charge in [0.2, 0.25) is 0 Å². The van der Waals surface area contributed by atoms with Crippen molar-refractivity contribution >= 4 is 0 Å². The Kier molecular flexibility index (Phi) is 2.30. The third-order valence-electron chi connectivity index (χ3n) is 5.57. The summed E-state index contributed by atoms with van der Waals surface area (Å²) >= 11 is 0. The van der Waals surface area contributed by atoms with E-state index in [-0.39, 0.29) is 11.9 Å². The molecule has 0 aliphatic heterocycles. The van der Waals surface area contributed by atoms with Gasteiger partial charge >= 0.3 is 0 Å². The van der Waals surface area contributed by atoms with Gasteiger partial charge in [0.05, 0.1) is 0 Å². The maximum absolute atomic E-state index is 13.3. The second kappa shape index (κ2) is 3.78. The molecule has 4 rings (SSSR count). The summed E-state index contributed by atoms with van der Waals surface area (Å²) in [5.41, 5.74) is 3.95. The lowest BCUT2D eigenvalue weighted by molar-refractivity contribution is 0.373. The highest BCUT2D eigenvalue weighted by molar-refractivity contribution is 5.26. The van der Waals surface area contributed by atoms with Crippen molar-refractivity contribution in [3.05, 3.63) is 35.6 Å². The number of benzene rings is 1. The zero-order valence-corrected chi connectivity index (χ0v) is 10.4. The van der Waals surface area contributed by atoms with Crippen molar-refractivity contribution < 1.29 is 4.39 Å². The molecule has 3 N–H and O–H groups in total. The van der Waals surface area contributed by atoms with Crippen LogP contribution in [0.2, 0.25) is 0 Å². The minimum Gasteiger partial charge on any atom is -0.271 e. The van der Waals surface area contributed by atoms with Gasteiger partial charge in [0.15, 0.2) is 0 Å². The van der Waals surface area contributed by atoms with Gasteiger partial charge in [-0.2, -0.15) is 0 Å². The molecule has 0 aromatic heterocycles. The maximum Gasteiger partial charge on any atom is 0.123 e. The molecule has 3 aliphatic rings. The Morgan fingerprint density at radius 1 is 1.22 bits per heavy atom. The Labute approximate surface area is 107 Å². The van der Waals surface area contributed by atoms with Crippen molar-refractivity contribution in [1.82, 2.24) is 5.43 Å². The monoisotopic (exact) mass is 246 g/mol. The first-order chi connectivity index (χ1) is 8.79. The number of halogens is 1. The first-order valence-corrected chi connectivity index (χ1v) is 7.01. The van der Waals surface area contributed by atoms with Crippen LogP contribution in [0.5, 0.6) is 0 Å². The molecule has 0 saturated heterocycles. The molecule has 3 saturated carbocycles. The van der Waals surface area contributed by atoms with Crippen LogP contribution >= 0.6 is 0 Å². The summed E-state index contributed by atoms with van der Waals surface area (Å²) < 4.78 is 13.3. The fourth-order valence-corrected chi connectivity index (χ4v) is 4.97. The molecule has 2 nitrogen and oxygen atoms in total. The normalized spacial score (nSPS) is 41.8. The van der Waals surface area contributed by atoms with E-state index in [9.17, 15) is 4.39 Å². The molecule has 3 fully saturated rings. The molecule has 96 valence electrons. The summed E-state index contributed by atoms with van der Waals surface area (Å²) in [5, 5.41) is 0. The van der Waals surface area contributed by atoms with Gasteiger partial charge in [-0.25, -0.2) is 4.39 Å². The summed E-state index contributed by atoms with van der Waals surface area (Å²) in [6, 6.07) is 7.03. The average Bonchev–Trinajstić information content (AvgIpc) is 2.80. The SMILES string of the molecule is NNC(c1cccc(F)c1)C1C2C3CCC(C3)C21. The Morgan fingerprint density at radius 3 is 2.56 bits per heavy atom. The summed E-state index contributed by atoms with van der Waals surface area (Å²) in [4.78, 5) is 0. The average molecular weight is 246 g/mol. The van der Waals surface area contributed by atoms with E-state index in [0.717, 1.165) is 29.2 Å². The Hall–Kier alpha value is -0.930. The first kappa shape index (κ1) is 10.9. The van der Waals surface area contributed by atoms with E-state index in [1.54, 1.807) is 12.1 Å². The van der Waals surface area contributed by atoms with E-state index in [1.165, 1.54) is 25.3 Å². The van der Waals surface area contributed by atoms with Crippen molar-refractivity contribution in [2.75, 3.05) is 0 Å². The van der Waals surface area contributed by atoms with Crippen molar-refractivity contribution in [2.24, 2.45) is 35.4 Å². The van der Waals surface area contributed by atoms with Crippen LogP contribution in [0.3, 0.4) is 0 Å². The number of fused-ring (bicyclic) bond motifs is 5. The van der Waals surface area contributed by atoms with Gasteiger partial charge < -0.3 is 0 Å². The second-order valence-electron chi connectivity index (χ2n) is 6.26. The maximum atomic E-state index is 13.3. The van der Waals surface area contributed by atoms with E-state index in [2.05, 4.69) is 5.43 Å². The fraction of sp³-hybridized carbons (Fsp3) is 0.600. The van der Waals surface area contributed by atoms with Gasteiger partial charge in [0.1, 0.15) is 5.82 Å². The highest BCUT2D eigenvalue weighted by atomic mass is 19.1. The summed E-state index contributed by atoms with van der Waals surface area (Å²) in [5.74, 6) is 9.77. The van der Waals surface area contributed by atoms with Crippen LogP contribution in [-0.4, -0.2) is 0 Å². The molecule has 1 aromatic carbocycles. The van der Waals surface area contributed by atoms with Crippen LogP contribution in [0.25, 0.3) is 0 Å². The van der Waals surface area contributed by atoms with Gasteiger partial charge in [-0.3, -0.25) is 11.3 Å². The zero-order chi connectivity index (χ0) is 12.3. The van der Waals surface area contributed by atoms with Gasteiger partial charge in [0.25, 0.3) is 0 Å². The number of rotatable bonds is 3. The van der Waals surface area contributed by atoms with Crippen LogP contribution in [0.4, 0.5) is 4.39 Å². The lowest BCUT2D eigenvalue weighted by Gasteiger charge is -2.20. The molecule has 3 heteroatoms. The lowest BCUT2D eigenvalue weighted by atomic mass is 9.93. The standard InChI is InChI=1S/C15H19FN2/c16-11-3-1-2-10(7-11)15(18-17)14-12-8-4-5-9(6-8)13(12)14/h1-3,7-9,12-15,18H,4-6,17H2. The molecule has 18 heavy (non-hydrogen) atoms. The molecule has 0 amide bonds. The lowest BCUT2D eigenvalue weighted by Crippen LogP contribution is -2.31. The summed E-state index contributed by atoms with van der Waals surface area (Å²) in [6.45, 7) is 0. The molecule has 0 spiro atoms. The molecular weight excluding hydrogens is 227 g/mol. The molecule has 1 aromatic rings. The smallest absolute Gasteiger partial charge is 0.123 e. The molecule has 0 radical (unpaired) electrons.